The Labute approximate surface area is 222 Å². The summed E-state index contributed by atoms with van der Waals surface area (Å²) in [5.41, 5.74) is 5.59. The second-order valence-electron chi connectivity index (χ2n) is 9.86. The Kier molecular flexibility index (Phi) is 7.15. The lowest BCUT2D eigenvalue weighted by atomic mass is 9.65. The van der Waals surface area contributed by atoms with Crippen LogP contribution in [0.3, 0.4) is 0 Å². The van der Waals surface area contributed by atoms with Crippen molar-refractivity contribution in [2.45, 2.75) is 32.1 Å². The second-order valence-corrected chi connectivity index (χ2v) is 9.86. The van der Waals surface area contributed by atoms with Gasteiger partial charge in [0.05, 0.1) is 17.1 Å². The number of pyridine rings is 1. The van der Waals surface area contributed by atoms with Crippen LogP contribution in [0.25, 0.3) is 22.2 Å². The number of carboxylic acid groups (broad SMARTS) is 1. The van der Waals surface area contributed by atoms with Gasteiger partial charge in [-0.2, -0.15) is 9.65 Å². The van der Waals surface area contributed by atoms with Gasteiger partial charge in [0.1, 0.15) is 29.0 Å². The van der Waals surface area contributed by atoms with Gasteiger partial charge in [0, 0.05) is 23.2 Å². The number of fused-ring (bicyclic) bond motifs is 4. The standard InChI is InChI=1S/C20H11F3N4O.C9H14O2/c21-10-6-12-14(9-26-18(12)15(22)7-10)17-13(8-24)19(16(23)20(25)27-17)28-11-4-2-1-3-5-11;10-9(11)8-5-6-1-3-7(8)4-2-6/h1-7,9,26H,(H2,25,27);6-8H,1-5H2,(H,10,11). The van der Waals surface area contributed by atoms with Crippen LogP contribution in [0.4, 0.5) is 19.0 Å². The van der Waals surface area contributed by atoms with Crippen molar-refractivity contribution in [3.8, 4) is 28.8 Å². The zero-order chi connectivity index (χ0) is 27.7. The molecule has 2 bridgehead atoms. The molecule has 200 valence electrons. The van der Waals surface area contributed by atoms with E-state index in [1.807, 2.05) is 6.07 Å². The minimum absolute atomic E-state index is 0.00231. The molecule has 39 heavy (non-hydrogen) atoms. The van der Waals surface area contributed by atoms with E-state index in [1.54, 1.807) is 30.3 Å². The normalized spacial score (nSPS) is 19.7. The number of rotatable bonds is 4. The van der Waals surface area contributed by atoms with Crippen LogP contribution in [0.2, 0.25) is 0 Å². The Morgan fingerprint density at radius 3 is 2.44 bits per heavy atom. The number of nitrogens with two attached hydrogens (primary N) is 1. The van der Waals surface area contributed by atoms with Crippen molar-refractivity contribution >= 4 is 22.7 Å². The smallest absolute Gasteiger partial charge is 0.306 e. The van der Waals surface area contributed by atoms with Gasteiger partial charge in [0.15, 0.2) is 11.6 Å². The molecular formula is C29H25F3N4O3. The highest BCUT2D eigenvalue weighted by Crippen LogP contribution is 2.45. The molecule has 4 N–H and O–H groups in total. The maximum absolute atomic E-state index is 14.6. The molecule has 2 aromatic carbocycles. The third-order valence-corrected chi connectivity index (χ3v) is 7.52. The fourth-order valence-corrected chi connectivity index (χ4v) is 5.59. The van der Waals surface area contributed by atoms with Crippen molar-refractivity contribution < 1.29 is 27.8 Å². The summed E-state index contributed by atoms with van der Waals surface area (Å²) in [6.07, 6.45) is 7.21. The number of hydrogen-bond donors (Lipinski definition) is 3. The van der Waals surface area contributed by atoms with E-state index in [0.29, 0.717) is 5.92 Å². The molecule has 0 radical (unpaired) electrons. The van der Waals surface area contributed by atoms with Crippen molar-refractivity contribution in [1.29, 1.82) is 5.26 Å². The van der Waals surface area contributed by atoms with Gasteiger partial charge in [-0.1, -0.05) is 31.0 Å². The summed E-state index contributed by atoms with van der Waals surface area (Å²) in [6, 6.07) is 11.9. The van der Waals surface area contributed by atoms with Crippen LogP contribution in [0, 0.1) is 46.5 Å². The van der Waals surface area contributed by atoms with Gasteiger partial charge in [-0.25, -0.2) is 13.8 Å². The molecule has 0 spiro atoms. The molecule has 3 aliphatic carbocycles. The number of nitriles is 1. The number of aromatic amines is 1. The molecule has 2 heterocycles. The molecule has 0 amide bonds. The topological polar surface area (TPSA) is 125 Å². The average molecular weight is 535 g/mol. The Morgan fingerprint density at radius 1 is 1.13 bits per heavy atom. The van der Waals surface area contributed by atoms with Gasteiger partial charge in [-0.05, 0) is 49.3 Å². The third-order valence-electron chi connectivity index (χ3n) is 7.52. The Hall–Kier alpha value is -4.52. The monoisotopic (exact) mass is 534 g/mol. The fraction of sp³-hybridized carbons (Fsp3) is 0.276. The van der Waals surface area contributed by atoms with E-state index >= 15 is 0 Å². The number of carbonyl (C=O) groups is 1. The minimum Gasteiger partial charge on any atom is -0.481 e. The summed E-state index contributed by atoms with van der Waals surface area (Å²) in [7, 11) is 0. The molecular weight excluding hydrogens is 509 g/mol. The second kappa shape index (κ2) is 10.7. The fourth-order valence-electron chi connectivity index (χ4n) is 5.59. The molecule has 2 aromatic heterocycles. The summed E-state index contributed by atoms with van der Waals surface area (Å²) in [4.78, 5) is 17.3. The number of benzene rings is 2. The summed E-state index contributed by atoms with van der Waals surface area (Å²) < 4.78 is 47.9. The molecule has 3 fully saturated rings. The van der Waals surface area contributed by atoms with Crippen molar-refractivity contribution in [2.24, 2.45) is 17.8 Å². The van der Waals surface area contributed by atoms with Crippen molar-refractivity contribution in [2.75, 3.05) is 5.73 Å². The highest BCUT2D eigenvalue weighted by Gasteiger charge is 2.39. The van der Waals surface area contributed by atoms with Gasteiger partial charge < -0.3 is 20.6 Å². The Morgan fingerprint density at radius 2 is 1.85 bits per heavy atom. The lowest BCUT2D eigenvalue weighted by molar-refractivity contribution is -0.147. The van der Waals surface area contributed by atoms with Gasteiger partial charge >= 0.3 is 5.97 Å². The highest BCUT2D eigenvalue weighted by molar-refractivity contribution is 5.96. The van der Waals surface area contributed by atoms with Gasteiger partial charge in [-0.15, -0.1) is 0 Å². The quantitative estimate of drug-likeness (QED) is 0.265. The third kappa shape index (κ3) is 5.12. The first-order valence-electron chi connectivity index (χ1n) is 12.6. The number of nitrogen functional groups attached to an aromatic ring is 1. The number of anilines is 1. The van der Waals surface area contributed by atoms with Crippen LogP contribution >= 0.6 is 0 Å². The summed E-state index contributed by atoms with van der Waals surface area (Å²) in [5, 5.41) is 18.6. The number of halogens is 3. The summed E-state index contributed by atoms with van der Waals surface area (Å²) in [6.45, 7) is 0. The number of para-hydroxylation sites is 1. The van der Waals surface area contributed by atoms with E-state index < -0.39 is 35.0 Å². The molecule has 10 heteroatoms. The van der Waals surface area contributed by atoms with Crippen molar-refractivity contribution in [1.82, 2.24) is 9.97 Å². The van der Waals surface area contributed by atoms with Gasteiger partial charge in [0.25, 0.3) is 0 Å². The zero-order valence-electron chi connectivity index (χ0n) is 20.8. The SMILES string of the molecule is N#Cc1c(-c2c[nH]c3c(F)cc(F)cc23)nc(N)c(F)c1Oc1ccccc1.O=C(O)C1CC2CCC1CC2. The van der Waals surface area contributed by atoms with Gasteiger partial charge in [-0.3, -0.25) is 4.79 Å². The number of aromatic nitrogens is 2. The van der Waals surface area contributed by atoms with Crippen LogP contribution in [0.5, 0.6) is 11.5 Å². The van der Waals surface area contributed by atoms with Crippen LogP contribution in [-0.2, 0) is 4.79 Å². The highest BCUT2D eigenvalue weighted by atomic mass is 19.1. The van der Waals surface area contributed by atoms with E-state index in [4.69, 9.17) is 15.6 Å². The van der Waals surface area contributed by atoms with E-state index in [9.17, 15) is 23.2 Å². The molecule has 1 unspecified atom stereocenters. The van der Waals surface area contributed by atoms with E-state index in [0.717, 1.165) is 24.5 Å². The van der Waals surface area contributed by atoms with Crippen molar-refractivity contribution in [3.05, 3.63) is 71.7 Å². The molecule has 3 aliphatic rings. The summed E-state index contributed by atoms with van der Waals surface area (Å²) in [5.74, 6) is -2.56. The molecule has 0 saturated heterocycles. The predicted octanol–water partition coefficient (Wildman–Crippen LogP) is 6.79. The number of aliphatic carboxylic acids is 1. The molecule has 1 atom stereocenters. The maximum Gasteiger partial charge on any atom is 0.306 e. The minimum atomic E-state index is -0.999. The van der Waals surface area contributed by atoms with E-state index in [1.165, 1.54) is 31.9 Å². The van der Waals surface area contributed by atoms with Crippen molar-refractivity contribution in [3.63, 3.8) is 0 Å². The lowest BCUT2D eigenvalue weighted by Crippen LogP contribution is -2.35. The lowest BCUT2D eigenvalue weighted by Gasteiger charge is -2.40. The van der Waals surface area contributed by atoms with Crippen LogP contribution in [0.15, 0.2) is 48.7 Å². The first kappa shape index (κ1) is 26.1. The first-order chi connectivity index (χ1) is 18.8. The zero-order valence-corrected chi connectivity index (χ0v) is 20.8. The first-order valence-corrected chi connectivity index (χ1v) is 12.6. The maximum atomic E-state index is 14.6. The molecule has 4 aromatic rings. The number of nitrogens with one attached hydrogen (secondary N) is 1. The van der Waals surface area contributed by atoms with E-state index in [2.05, 4.69) is 9.97 Å². The largest absolute Gasteiger partial charge is 0.481 e. The van der Waals surface area contributed by atoms with E-state index in [-0.39, 0.29) is 39.4 Å². The number of H-pyrrole nitrogens is 1. The van der Waals surface area contributed by atoms with Crippen LogP contribution in [-0.4, -0.2) is 21.0 Å². The number of carboxylic acids is 1. The van der Waals surface area contributed by atoms with Gasteiger partial charge in [0.2, 0.25) is 5.82 Å². The number of ether oxygens (including phenoxy) is 1. The van der Waals surface area contributed by atoms with Crippen LogP contribution in [0.1, 0.15) is 37.7 Å². The molecule has 7 rings (SSSR count). The molecule has 7 nitrogen and oxygen atoms in total. The number of nitrogens with zero attached hydrogens (tertiary/aromatic N) is 2. The summed E-state index contributed by atoms with van der Waals surface area (Å²) >= 11 is 0. The molecule has 3 saturated carbocycles. The Balaban J connectivity index is 0.000000233. The molecule has 0 aliphatic heterocycles. The average Bonchev–Trinajstić information content (AvgIpc) is 3.36. The number of hydrogen-bond acceptors (Lipinski definition) is 5. The Bertz CT molecular complexity index is 1570. The van der Waals surface area contributed by atoms with Crippen LogP contribution < -0.4 is 10.5 Å². The predicted molar refractivity (Wildman–Crippen MR) is 138 cm³/mol.